The van der Waals surface area contributed by atoms with Crippen molar-refractivity contribution < 1.29 is 19.4 Å². The maximum Gasteiger partial charge on any atom is 0.296 e. The number of aromatic nitrogens is 3. The van der Waals surface area contributed by atoms with Crippen LogP contribution in [0.5, 0.6) is 5.75 Å². The lowest BCUT2D eigenvalue weighted by Crippen LogP contribution is -2.31. The summed E-state index contributed by atoms with van der Waals surface area (Å²) >= 11 is 2.52. The summed E-state index contributed by atoms with van der Waals surface area (Å²) in [6.45, 7) is 3.55. The fourth-order valence-corrected chi connectivity index (χ4v) is 5.78. The van der Waals surface area contributed by atoms with E-state index in [1.165, 1.54) is 27.6 Å². The van der Waals surface area contributed by atoms with E-state index in [0.717, 1.165) is 9.71 Å². The van der Waals surface area contributed by atoms with Gasteiger partial charge in [0.1, 0.15) is 5.75 Å². The molecule has 1 atom stereocenters. The molecule has 0 saturated carbocycles. The van der Waals surface area contributed by atoms with Crippen LogP contribution in [0.3, 0.4) is 0 Å². The third-order valence-corrected chi connectivity index (χ3v) is 7.46. The van der Waals surface area contributed by atoms with Crippen molar-refractivity contribution in [3.05, 3.63) is 75.2 Å². The SMILES string of the molecule is COc1ccc2nc(N3C(=O)C(O)=C(C(=O)c4sc(C)nc4C)C3c3ccncc3)sc2c1. The number of amides is 1. The second-order valence-corrected chi connectivity index (χ2v) is 9.64. The van der Waals surface area contributed by atoms with Crippen LogP contribution >= 0.6 is 22.7 Å². The zero-order chi connectivity index (χ0) is 23.3. The third kappa shape index (κ3) is 3.47. The number of carbonyl (C=O) groups is 2. The minimum atomic E-state index is -0.850. The van der Waals surface area contributed by atoms with Gasteiger partial charge < -0.3 is 9.84 Å². The maximum atomic E-state index is 13.6. The Bertz CT molecular complexity index is 1440. The molecule has 1 N–H and O–H groups in total. The number of nitrogens with zero attached hydrogens (tertiary/aromatic N) is 4. The van der Waals surface area contributed by atoms with Gasteiger partial charge in [0.25, 0.3) is 5.91 Å². The first-order chi connectivity index (χ1) is 15.9. The molecule has 1 amide bonds. The highest BCUT2D eigenvalue weighted by Gasteiger charge is 2.46. The smallest absolute Gasteiger partial charge is 0.296 e. The Morgan fingerprint density at radius 2 is 1.88 bits per heavy atom. The fraction of sp³-hybridized carbons (Fsp3) is 0.174. The number of fused-ring (bicyclic) bond motifs is 1. The van der Waals surface area contributed by atoms with Gasteiger partial charge in [-0.05, 0) is 49.7 Å². The highest BCUT2D eigenvalue weighted by atomic mass is 32.1. The number of carbonyl (C=O) groups excluding carboxylic acids is 2. The van der Waals surface area contributed by atoms with Crippen molar-refractivity contribution in [1.29, 1.82) is 0 Å². The number of hydrogen-bond acceptors (Lipinski definition) is 9. The molecule has 1 aromatic carbocycles. The van der Waals surface area contributed by atoms with Crippen molar-refractivity contribution in [2.24, 2.45) is 0 Å². The number of rotatable bonds is 5. The van der Waals surface area contributed by atoms with Crippen LogP contribution in [-0.4, -0.2) is 38.9 Å². The Hall–Kier alpha value is -3.63. The Balaban J connectivity index is 1.67. The predicted octanol–water partition coefficient (Wildman–Crippen LogP) is 4.56. The molecule has 1 unspecified atom stereocenters. The molecular weight excluding hydrogens is 460 g/mol. The van der Waals surface area contributed by atoms with Gasteiger partial charge in [0.15, 0.2) is 10.9 Å². The predicted molar refractivity (Wildman–Crippen MR) is 126 cm³/mol. The van der Waals surface area contributed by atoms with Gasteiger partial charge in [-0.25, -0.2) is 9.97 Å². The van der Waals surface area contributed by atoms with Gasteiger partial charge in [0, 0.05) is 12.4 Å². The van der Waals surface area contributed by atoms with Crippen LogP contribution in [0.1, 0.15) is 32.0 Å². The van der Waals surface area contributed by atoms with Gasteiger partial charge >= 0.3 is 0 Å². The molecule has 8 nitrogen and oxygen atoms in total. The van der Waals surface area contributed by atoms with E-state index >= 15 is 0 Å². The number of methoxy groups -OCH3 is 1. The van der Waals surface area contributed by atoms with Gasteiger partial charge in [-0.3, -0.25) is 19.5 Å². The molecule has 4 aromatic rings. The summed E-state index contributed by atoms with van der Waals surface area (Å²) < 4.78 is 6.11. The zero-order valence-corrected chi connectivity index (χ0v) is 19.5. The summed E-state index contributed by atoms with van der Waals surface area (Å²) in [6.07, 6.45) is 3.17. The largest absolute Gasteiger partial charge is 0.503 e. The molecule has 1 aliphatic rings. The monoisotopic (exact) mass is 478 g/mol. The van der Waals surface area contributed by atoms with E-state index in [2.05, 4.69) is 15.0 Å². The van der Waals surface area contributed by atoms with Gasteiger partial charge in [0.05, 0.1) is 44.5 Å². The summed E-state index contributed by atoms with van der Waals surface area (Å²) in [5.41, 5.74) is 1.90. The Morgan fingerprint density at radius 3 is 2.55 bits per heavy atom. The molecule has 0 spiro atoms. The normalized spacial score (nSPS) is 16.2. The number of Topliss-reactive ketones (excluding diaryl/α,β-unsaturated/α-hetero) is 1. The van der Waals surface area contributed by atoms with Gasteiger partial charge in [-0.2, -0.15) is 0 Å². The van der Waals surface area contributed by atoms with Gasteiger partial charge in [-0.15, -0.1) is 11.3 Å². The molecule has 1 aliphatic heterocycles. The second kappa shape index (κ2) is 8.05. The number of benzene rings is 1. The molecule has 0 aliphatic carbocycles. The number of anilines is 1. The fourth-order valence-electron chi connectivity index (χ4n) is 3.88. The first-order valence-corrected chi connectivity index (χ1v) is 11.6. The van der Waals surface area contributed by atoms with E-state index in [0.29, 0.717) is 32.5 Å². The maximum absolute atomic E-state index is 13.6. The zero-order valence-electron chi connectivity index (χ0n) is 17.9. The van der Waals surface area contributed by atoms with E-state index in [1.54, 1.807) is 50.7 Å². The summed E-state index contributed by atoms with van der Waals surface area (Å²) in [5, 5.41) is 12.0. The standard InChI is InChI=1S/C23H18N4O4S2/c1-11-21(32-12(2)25-11)19(28)17-18(13-6-8-24-9-7-13)27(22(30)20(17)29)23-26-15-5-4-14(31-3)10-16(15)33-23/h4-10,18,29H,1-3H3. The van der Waals surface area contributed by atoms with Crippen molar-refractivity contribution in [3.63, 3.8) is 0 Å². The highest BCUT2D eigenvalue weighted by Crippen LogP contribution is 2.44. The molecule has 0 fully saturated rings. The van der Waals surface area contributed by atoms with Crippen LogP contribution in [-0.2, 0) is 4.79 Å². The van der Waals surface area contributed by atoms with Crippen molar-refractivity contribution in [2.75, 3.05) is 12.0 Å². The summed E-state index contributed by atoms with van der Waals surface area (Å²) in [6, 6.07) is 8.02. The van der Waals surface area contributed by atoms with Crippen LogP contribution in [0.25, 0.3) is 10.2 Å². The van der Waals surface area contributed by atoms with Crippen molar-refractivity contribution in [3.8, 4) is 5.75 Å². The lowest BCUT2D eigenvalue weighted by Gasteiger charge is -2.24. The number of pyridine rings is 1. The highest BCUT2D eigenvalue weighted by molar-refractivity contribution is 7.22. The van der Waals surface area contributed by atoms with E-state index in [-0.39, 0.29) is 5.57 Å². The second-order valence-electron chi connectivity index (χ2n) is 7.43. The summed E-state index contributed by atoms with van der Waals surface area (Å²) in [7, 11) is 1.58. The number of aliphatic hydroxyl groups excluding tert-OH is 1. The van der Waals surface area contributed by atoms with Crippen LogP contribution in [0, 0.1) is 13.8 Å². The van der Waals surface area contributed by atoms with E-state index in [9.17, 15) is 14.7 Å². The van der Waals surface area contributed by atoms with Gasteiger partial charge in [-0.1, -0.05) is 11.3 Å². The lowest BCUT2D eigenvalue weighted by atomic mass is 9.96. The number of ketones is 1. The molecule has 0 saturated heterocycles. The number of aryl methyl sites for hydroxylation is 2. The van der Waals surface area contributed by atoms with Crippen molar-refractivity contribution in [2.45, 2.75) is 19.9 Å². The minimum Gasteiger partial charge on any atom is -0.503 e. The van der Waals surface area contributed by atoms with Crippen LogP contribution in [0.2, 0.25) is 0 Å². The van der Waals surface area contributed by atoms with E-state index < -0.39 is 23.5 Å². The lowest BCUT2D eigenvalue weighted by molar-refractivity contribution is -0.117. The molecule has 0 bridgehead atoms. The molecule has 166 valence electrons. The Labute approximate surface area is 196 Å². The molecule has 4 heterocycles. The molecular formula is C23H18N4O4S2. The van der Waals surface area contributed by atoms with Crippen LogP contribution < -0.4 is 9.64 Å². The molecule has 10 heteroatoms. The van der Waals surface area contributed by atoms with E-state index in [1.807, 2.05) is 13.0 Å². The minimum absolute atomic E-state index is 0.00906. The molecule has 3 aromatic heterocycles. The summed E-state index contributed by atoms with van der Waals surface area (Å²) in [5.74, 6) is -1.01. The topological polar surface area (TPSA) is 106 Å². The van der Waals surface area contributed by atoms with Gasteiger partial charge in [0.2, 0.25) is 5.78 Å². The molecule has 0 radical (unpaired) electrons. The molecule has 33 heavy (non-hydrogen) atoms. The Morgan fingerprint density at radius 1 is 1.12 bits per heavy atom. The molecule has 5 rings (SSSR count). The number of hydrogen-bond donors (Lipinski definition) is 1. The third-order valence-electron chi connectivity index (χ3n) is 5.37. The van der Waals surface area contributed by atoms with Crippen LogP contribution in [0.4, 0.5) is 5.13 Å². The Kier molecular flexibility index (Phi) is 5.18. The number of aliphatic hydroxyl groups is 1. The quantitative estimate of drug-likeness (QED) is 0.419. The van der Waals surface area contributed by atoms with Crippen molar-refractivity contribution in [1.82, 2.24) is 15.0 Å². The average Bonchev–Trinajstić information content (AvgIpc) is 3.46. The van der Waals surface area contributed by atoms with Crippen LogP contribution in [0.15, 0.2) is 54.1 Å². The first-order valence-electron chi connectivity index (χ1n) is 9.99. The number of thiazole rings is 2. The average molecular weight is 479 g/mol. The van der Waals surface area contributed by atoms with E-state index in [4.69, 9.17) is 4.74 Å². The van der Waals surface area contributed by atoms with Crippen molar-refractivity contribution >= 4 is 49.7 Å². The first kappa shape index (κ1) is 21.2. The number of ether oxygens (including phenoxy) is 1. The summed E-state index contributed by atoms with van der Waals surface area (Å²) in [4.78, 5) is 41.6.